The Balaban J connectivity index is 0.00000192. The van der Waals surface area contributed by atoms with Crippen LogP contribution in [-0.2, 0) is 4.79 Å². The molecule has 0 radical (unpaired) electrons. The standard InChI is InChI=1S/C17H16ClN3O.HI/c1-21(2)11-16(22)19-15-9-8-13(18)10-14(15)17(20-21)12-6-4-3-5-7-12;/h3-10H,11H2,1-2H3;1H. The van der Waals surface area contributed by atoms with E-state index in [0.717, 1.165) is 22.5 Å². The maximum absolute atomic E-state index is 12.1. The summed E-state index contributed by atoms with van der Waals surface area (Å²) in [6.07, 6.45) is 0. The smallest absolute Gasteiger partial charge is 0.282 e. The fourth-order valence-corrected chi connectivity index (χ4v) is 2.70. The SMILES string of the molecule is C[N+]1(C)CC(=O)Nc2ccc(Cl)cc2/C(c2ccccc2)=N\1.[I-]. The van der Waals surface area contributed by atoms with Crippen LogP contribution in [0.2, 0.25) is 5.02 Å². The minimum absolute atomic E-state index is 0. The number of likely N-dealkylation sites (N-methyl/N-ethyl adjacent to an activating group) is 1. The van der Waals surface area contributed by atoms with Crippen molar-refractivity contribution in [2.24, 2.45) is 5.10 Å². The number of nitrogens with zero attached hydrogens (tertiary/aromatic N) is 2. The minimum Gasteiger partial charge on any atom is -1.00 e. The molecule has 0 aliphatic carbocycles. The van der Waals surface area contributed by atoms with Crippen molar-refractivity contribution < 1.29 is 33.4 Å². The Hall–Kier alpha value is -1.44. The van der Waals surface area contributed by atoms with E-state index in [4.69, 9.17) is 16.7 Å². The number of fused-ring (bicyclic) bond motifs is 1. The molecule has 0 saturated carbocycles. The lowest BCUT2D eigenvalue weighted by molar-refractivity contribution is -0.888. The molecule has 0 unspecified atom stereocenters. The second-order valence-electron chi connectivity index (χ2n) is 5.83. The third kappa shape index (κ3) is 4.10. The van der Waals surface area contributed by atoms with Crippen LogP contribution in [0.5, 0.6) is 0 Å². The Morgan fingerprint density at radius 2 is 1.83 bits per heavy atom. The van der Waals surface area contributed by atoms with Crippen LogP contribution in [0.4, 0.5) is 5.69 Å². The van der Waals surface area contributed by atoms with Gasteiger partial charge in [0.2, 0.25) is 0 Å². The number of amides is 1. The molecule has 2 aromatic carbocycles. The highest BCUT2D eigenvalue weighted by Gasteiger charge is 2.27. The van der Waals surface area contributed by atoms with Crippen molar-refractivity contribution in [2.45, 2.75) is 0 Å². The van der Waals surface area contributed by atoms with E-state index in [-0.39, 0.29) is 41.0 Å². The van der Waals surface area contributed by atoms with Gasteiger partial charge in [-0.1, -0.05) is 47.0 Å². The monoisotopic (exact) mass is 441 g/mol. The predicted molar refractivity (Wildman–Crippen MR) is 89.1 cm³/mol. The molecule has 0 bridgehead atoms. The van der Waals surface area contributed by atoms with Crippen molar-refractivity contribution >= 4 is 28.9 Å². The van der Waals surface area contributed by atoms with Crippen LogP contribution in [0.1, 0.15) is 11.1 Å². The Labute approximate surface area is 157 Å². The lowest BCUT2D eigenvalue weighted by Crippen LogP contribution is -3.00. The molecule has 1 N–H and O–H groups in total. The first-order valence-electron chi connectivity index (χ1n) is 7.03. The number of quaternary nitrogens is 1. The van der Waals surface area contributed by atoms with Crippen molar-refractivity contribution in [2.75, 3.05) is 26.0 Å². The maximum atomic E-state index is 12.1. The molecule has 2 aromatic rings. The van der Waals surface area contributed by atoms with E-state index >= 15 is 0 Å². The summed E-state index contributed by atoms with van der Waals surface area (Å²) >= 11 is 6.16. The molecule has 120 valence electrons. The predicted octanol–water partition coefficient (Wildman–Crippen LogP) is 0.125. The third-order valence-corrected chi connectivity index (χ3v) is 3.69. The quantitative estimate of drug-likeness (QED) is 0.496. The molecule has 1 aliphatic heterocycles. The van der Waals surface area contributed by atoms with Crippen LogP contribution in [0.25, 0.3) is 0 Å². The molecule has 0 atom stereocenters. The second-order valence-corrected chi connectivity index (χ2v) is 6.27. The topological polar surface area (TPSA) is 41.5 Å². The largest absolute Gasteiger partial charge is 1.00 e. The zero-order valence-electron chi connectivity index (χ0n) is 12.9. The normalized spacial score (nSPS) is 18.4. The van der Waals surface area contributed by atoms with Crippen LogP contribution in [0.3, 0.4) is 0 Å². The maximum Gasteiger partial charge on any atom is 0.282 e. The first-order valence-corrected chi connectivity index (χ1v) is 7.41. The summed E-state index contributed by atoms with van der Waals surface area (Å²) in [5.74, 6) is -0.0653. The molecule has 1 amide bonds. The minimum atomic E-state index is -0.0653. The molecular weight excluding hydrogens is 425 g/mol. The molecule has 4 nitrogen and oxygen atoms in total. The molecule has 1 aliphatic rings. The number of rotatable bonds is 1. The average Bonchev–Trinajstić information content (AvgIpc) is 2.46. The Bertz CT molecular complexity index is 760. The van der Waals surface area contributed by atoms with E-state index in [1.807, 2.05) is 56.6 Å². The van der Waals surface area contributed by atoms with Crippen molar-refractivity contribution in [3.05, 3.63) is 64.7 Å². The van der Waals surface area contributed by atoms with Crippen LogP contribution in [-0.4, -0.2) is 36.9 Å². The van der Waals surface area contributed by atoms with E-state index in [0.29, 0.717) is 5.02 Å². The molecule has 3 rings (SSSR count). The zero-order valence-corrected chi connectivity index (χ0v) is 15.8. The third-order valence-electron chi connectivity index (χ3n) is 3.46. The van der Waals surface area contributed by atoms with E-state index in [9.17, 15) is 4.79 Å². The van der Waals surface area contributed by atoms with Crippen molar-refractivity contribution in [3.63, 3.8) is 0 Å². The fourth-order valence-electron chi connectivity index (χ4n) is 2.53. The Morgan fingerprint density at radius 1 is 1.13 bits per heavy atom. The molecule has 6 heteroatoms. The number of nitrogens with one attached hydrogen (secondary N) is 1. The summed E-state index contributed by atoms with van der Waals surface area (Å²) in [6, 6.07) is 15.4. The van der Waals surface area contributed by atoms with Gasteiger partial charge >= 0.3 is 0 Å². The van der Waals surface area contributed by atoms with E-state index < -0.39 is 0 Å². The van der Waals surface area contributed by atoms with Crippen LogP contribution in [0.15, 0.2) is 53.6 Å². The van der Waals surface area contributed by atoms with Gasteiger partial charge in [-0.15, -0.1) is 0 Å². The Kier molecular flexibility index (Phi) is 5.44. The van der Waals surface area contributed by atoms with Gasteiger partial charge in [0.15, 0.2) is 6.54 Å². The Morgan fingerprint density at radius 3 is 2.52 bits per heavy atom. The van der Waals surface area contributed by atoms with Gasteiger partial charge in [-0.2, -0.15) is 4.59 Å². The van der Waals surface area contributed by atoms with E-state index in [2.05, 4.69) is 5.32 Å². The number of benzene rings is 2. The molecular formula is C17H17ClIN3O. The number of carbonyl (C=O) groups is 1. The number of hydrogen-bond donors (Lipinski definition) is 1. The fraction of sp³-hybridized carbons (Fsp3) is 0.176. The highest BCUT2D eigenvalue weighted by Crippen LogP contribution is 2.26. The number of anilines is 1. The van der Waals surface area contributed by atoms with Gasteiger partial charge in [0, 0.05) is 16.1 Å². The first kappa shape index (κ1) is 17.9. The lowest BCUT2D eigenvalue weighted by Gasteiger charge is -2.26. The summed E-state index contributed by atoms with van der Waals surface area (Å²) in [4.78, 5) is 12.1. The summed E-state index contributed by atoms with van der Waals surface area (Å²) in [5.41, 5.74) is 3.38. The number of carbonyl (C=O) groups excluding carboxylic acids is 1. The average molecular weight is 442 g/mol. The van der Waals surface area contributed by atoms with E-state index in [1.165, 1.54) is 0 Å². The molecule has 0 fully saturated rings. The van der Waals surface area contributed by atoms with Gasteiger partial charge in [-0.3, -0.25) is 4.79 Å². The van der Waals surface area contributed by atoms with Crippen LogP contribution >= 0.6 is 11.6 Å². The van der Waals surface area contributed by atoms with Gasteiger partial charge in [0.1, 0.15) is 5.71 Å². The molecule has 0 aromatic heterocycles. The van der Waals surface area contributed by atoms with Crippen LogP contribution in [0, 0.1) is 0 Å². The summed E-state index contributed by atoms with van der Waals surface area (Å²) < 4.78 is 0.224. The second kappa shape index (κ2) is 6.98. The van der Waals surface area contributed by atoms with E-state index in [1.54, 1.807) is 6.07 Å². The zero-order chi connectivity index (χ0) is 15.7. The highest BCUT2D eigenvalue weighted by atomic mass is 127. The number of hydrogen-bond acceptors (Lipinski definition) is 2. The lowest BCUT2D eigenvalue weighted by atomic mass is 10.00. The summed E-state index contributed by atoms with van der Waals surface area (Å²) in [6.45, 7) is 0.276. The first-order chi connectivity index (χ1) is 10.4. The summed E-state index contributed by atoms with van der Waals surface area (Å²) in [5, 5.41) is 8.37. The van der Waals surface area contributed by atoms with Gasteiger partial charge < -0.3 is 29.3 Å². The van der Waals surface area contributed by atoms with Crippen molar-refractivity contribution in [1.82, 2.24) is 0 Å². The van der Waals surface area contributed by atoms with Gasteiger partial charge in [-0.05, 0) is 18.2 Å². The van der Waals surface area contributed by atoms with Crippen molar-refractivity contribution in [3.8, 4) is 0 Å². The van der Waals surface area contributed by atoms with Crippen molar-refractivity contribution in [1.29, 1.82) is 0 Å². The highest BCUT2D eigenvalue weighted by molar-refractivity contribution is 6.31. The van der Waals surface area contributed by atoms with Gasteiger partial charge in [-0.25, -0.2) is 0 Å². The molecule has 0 spiro atoms. The van der Waals surface area contributed by atoms with Gasteiger partial charge in [0.05, 0.1) is 19.8 Å². The van der Waals surface area contributed by atoms with Crippen LogP contribution < -0.4 is 29.3 Å². The molecule has 23 heavy (non-hydrogen) atoms. The molecule has 1 heterocycles. The summed E-state index contributed by atoms with van der Waals surface area (Å²) in [7, 11) is 3.80. The number of halogens is 2. The van der Waals surface area contributed by atoms with Gasteiger partial charge in [0.25, 0.3) is 5.91 Å². The molecule has 0 saturated heterocycles.